The van der Waals surface area contributed by atoms with E-state index in [1.807, 2.05) is 42.6 Å². The maximum atomic E-state index is 13.1. The number of hydrogen-bond acceptors (Lipinski definition) is 2. The molecule has 2 aromatic carbocycles. The van der Waals surface area contributed by atoms with Crippen LogP contribution in [0.2, 0.25) is 0 Å². The van der Waals surface area contributed by atoms with Crippen molar-refractivity contribution < 1.29 is 4.39 Å². The van der Waals surface area contributed by atoms with E-state index in [2.05, 4.69) is 10.3 Å². The van der Waals surface area contributed by atoms with Crippen molar-refractivity contribution in [1.29, 1.82) is 0 Å². The Bertz CT molecular complexity index is 677. The van der Waals surface area contributed by atoms with E-state index in [9.17, 15) is 4.39 Å². The van der Waals surface area contributed by atoms with Gasteiger partial charge in [-0.15, -0.1) is 5.10 Å². The highest BCUT2D eigenvalue weighted by atomic mass is 19.1. The molecule has 0 saturated heterocycles. The Morgan fingerprint density at radius 1 is 1.00 bits per heavy atom. The van der Waals surface area contributed by atoms with Crippen molar-refractivity contribution in [1.82, 2.24) is 15.0 Å². The molecule has 94 valence electrons. The van der Waals surface area contributed by atoms with Crippen molar-refractivity contribution >= 4 is 0 Å². The maximum Gasteiger partial charge on any atom is 0.123 e. The van der Waals surface area contributed by atoms with Crippen molar-refractivity contribution in [3.8, 4) is 11.3 Å². The molecule has 19 heavy (non-hydrogen) atoms. The Kier molecular flexibility index (Phi) is 3.06. The Labute approximate surface area is 110 Å². The van der Waals surface area contributed by atoms with Gasteiger partial charge in [-0.05, 0) is 17.7 Å². The van der Waals surface area contributed by atoms with E-state index in [0.717, 1.165) is 16.8 Å². The maximum absolute atomic E-state index is 13.1. The summed E-state index contributed by atoms with van der Waals surface area (Å²) in [6.07, 6.45) is 1.86. The lowest BCUT2D eigenvalue weighted by atomic mass is 10.2. The first-order valence-electron chi connectivity index (χ1n) is 6.01. The molecule has 0 bridgehead atoms. The van der Waals surface area contributed by atoms with Crippen LogP contribution in [0.1, 0.15) is 5.56 Å². The quantitative estimate of drug-likeness (QED) is 0.718. The van der Waals surface area contributed by atoms with Crippen molar-refractivity contribution in [3.63, 3.8) is 0 Å². The molecule has 0 amide bonds. The Hall–Kier alpha value is -2.49. The van der Waals surface area contributed by atoms with E-state index in [-0.39, 0.29) is 5.82 Å². The molecule has 0 aliphatic carbocycles. The molecule has 3 aromatic rings. The molecule has 0 saturated carbocycles. The minimum absolute atomic E-state index is 0.235. The second kappa shape index (κ2) is 5.02. The van der Waals surface area contributed by atoms with Crippen LogP contribution in [0, 0.1) is 5.82 Å². The van der Waals surface area contributed by atoms with Gasteiger partial charge in [0.1, 0.15) is 11.5 Å². The molecule has 0 aliphatic heterocycles. The number of hydrogen-bond donors (Lipinski definition) is 0. The van der Waals surface area contributed by atoms with E-state index in [4.69, 9.17) is 0 Å². The van der Waals surface area contributed by atoms with Crippen molar-refractivity contribution in [3.05, 3.63) is 72.2 Å². The van der Waals surface area contributed by atoms with Crippen LogP contribution in [0.3, 0.4) is 0 Å². The zero-order chi connectivity index (χ0) is 13.1. The summed E-state index contributed by atoms with van der Waals surface area (Å²) in [5.41, 5.74) is 2.70. The summed E-state index contributed by atoms with van der Waals surface area (Å²) in [5, 5.41) is 8.19. The van der Waals surface area contributed by atoms with Gasteiger partial charge in [-0.2, -0.15) is 0 Å². The normalized spacial score (nSPS) is 10.6. The lowest BCUT2D eigenvalue weighted by molar-refractivity contribution is 0.614. The first kappa shape index (κ1) is 11.6. The molecule has 0 fully saturated rings. The van der Waals surface area contributed by atoms with Crippen LogP contribution in [-0.2, 0) is 6.54 Å². The van der Waals surface area contributed by atoms with E-state index in [1.165, 1.54) is 12.1 Å². The summed E-state index contributed by atoms with van der Waals surface area (Å²) < 4.78 is 14.8. The highest BCUT2D eigenvalue weighted by Gasteiger charge is 2.04. The molecule has 0 spiro atoms. The summed E-state index contributed by atoms with van der Waals surface area (Å²) in [5.74, 6) is -0.235. The smallest absolute Gasteiger partial charge is 0.123 e. The molecule has 3 rings (SSSR count). The number of nitrogens with zero attached hydrogens (tertiary/aromatic N) is 3. The molecule has 3 nitrogen and oxygen atoms in total. The third kappa shape index (κ3) is 2.68. The van der Waals surface area contributed by atoms with Gasteiger partial charge in [0.05, 0.1) is 12.7 Å². The van der Waals surface area contributed by atoms with Crippen LogP contribution >= 0.6 is 0 Å². The summed E-state index contributed by atoms with van der Waals surface area (Å²) in [6.45, 7) is 0.512. The minimum atomic E-state index is -0.235. The highest BCUT2D eigenvalue weighted by molar-refractivity contribution is 5.57. The average Bonchev–Trinajstić information content (AvgIpc) is 2.88. The molecule has 0 radical (unpaired) electrons. The van der Waals surface area contributed by atoms with Crippen LogP contribution in [0.4, 0.5) is 4.39 Å². The van der Waals surface area contributed by atoms with Crippen LogP contribution < -0.4 is 0 Å². The number of rotatable bonds is 3. The van der Waals surface area contributed by atoms with Crippen LogP contribution in [0.25, 0.3) is 11.3 Å². The zero-order valence-electron chi connectivity index (χ0n) is 10.2. The monoisotopic (exact) mass is 253 g/mol. The summed E-state index contributed by atoms with van der Waals surface area (Å²) in [7, 11) is 0. The van der Waals surface area contributed by atoms with Gasteiger partial charge in [-0.1, -0.05) is 47.7 Å². The topological polar surface area (TPSA) is 30.7 Å². The summed E-state index contributed by atoms with van der Waals surface area (Å²) in [4.78, 5) is 0. The average molecular weight is 253 g/mol. The van der Waals surface area contributed by atoms with Crippen LogP contribution in [0.15, 0.2) is 60.8 Å². The van der Waals surface area contributed by atoms with Gasteiger partial charge < -0.3 is 0 Å². The largest absolute Gasteiger partial charge is 0.247 e. The molecule has 1 aromatic heterocycles. The molecule has 0 N–H and O–H groups in total. The molecule has 4 heteroatoms. The highest BCUT2D eigenvalue weighted by Crippen LogP contribution is 2.15. The molecule has 0 atom stereocenters. The van der Waals surface area contributed by atoms with E-state index < -0.39 is 0 Å². The predicted molar refractivity (Wildman–Crippen MR) is 71.0 cm³/mol. The van der Waals surface area contributed by atoms with E-state index >= 15 is 0 Å². The van der Waals surface area contributed by atoms with Crippen molar-refractivity contribution in [2.24, 2.45) is 0 Å². The number of aromatic nitrogens is 3. The van der Waals surface area contributed by atoms with Gasteiger partial charge in [-0.25, -0.2) is 9.07 Å². The van der Waals surface area contributed by atoms with Gasteiger partial charge in [0.15, 0.2) is 0 Å². The van der Waals surface area contributed by atoms with Gasteiger partial charge >= 0.3 is 0 Å². The molecule has 0 unspecified atom stereocenters. The van der Waals surface area contributed by atoms with E-state index in [1.54, 1.807) is 10.7 Å². The molecule has 0 aliphatic rings. The van der Waals surface area contributed by atoms with Gasteiger partial charge in [-0.3, -0.25) is 0 Å². The predicted octanol–water partition coefficient (Wildman–Crippen LogP) is 3.13. The lowest BCUT2D eigenvalue weighted by Crippen LogP contribution is -2.00. The summed E-state index contributed by atoms with van der Waals surface area (Å²) in [6, 6.07) is 16.3. The second-order valence-electron chi connectivity index (χ2n) is 4.30. The lowest BCUT2D eigenvalue weighted by Gasteiger charge is -2.00. The van der Waals surface area contributed by atoms with Gasteiger partial charge in [0, 0.05) is 5.56 Å². The standard InChI is InChI=1S/C15H12FN3/c16-14-8-4-5-12(9-14)10-19-11-15(17-18-19)13-6-2-1-3-7-13/h1-9,11H,10H2. The fraction of sp³-hybridized carbons (Fsp3) is 0.0667. The molecular weight excluding hydrogens is 241 g/mol. The van der Waals surface area contributed by atoms with Crippen molar-refractivity contribution in [2.45, 2.75) is 6.54 Å². The van der Waals surface area contributed by atoms with E-state index in [0.29, 0.717) is 6.54 Å². The fourth-order valence-corrected chi connectivity index (χ4v) is 1.94. The zero-order valence-corrected chi connectivity index (χ0v) is 10.2. The SMILES string of the molecule is Fc1cccc(Cn2cc(-c3ccccc3)nn2)c1. The van der Waals surface area contributed by atoms with Crippen LogP contribution in [0.5, 0.6) is 0 Å². The summed E-state index contributed by atoms with van der Waals surface area (Å²) >= 11 is 0. The first-order valence-corrected chi connectivity index (χ1v) is 6.01. The fourth-order valence-electron chi connectivity index (χ4n) is 1.94. The first-order chi connectivity index (χ1) is 9.31. The minimum Gasteiger partial charge on any atom is -0.247 e. The van der Waals surface area contributed by atoms with Crippen molar-refractivity contribution in [2.75, 3.05) is 0 Å². The molecule has 1 heterocycles. The number of benzene rings is 2. The Morgan fingerprint density at radius 2 is 1.84 bits per heavy atom. The Balaban J connectivity index is 1.82. The van der Waals surface area contributed by atoms with Gasteiger partial charge in [0.2, 0.25) is 0 Å². The third-order valence-corrected chi connectivity index (χ3v) is 2.84. The molecular formula is C15H12FN3. The Morgan fingerprint density at radius 3 is 2.63 bits per heavy atom. The van der Waals surface area contributed by atoms with Gasteiger partial charge in [0.25, 0.3) is 0 Å². The van der Waals surface area contributed by atoms with Crippen LogP contribution in [-0.4, -0.2) is 15.0 Å². The second-order valence-corrected chi connectivity index (χ2v) is 4.30. The third-order valence-electron chi connectivity index (χ3n) is 2.84. The number of halogens is 1.